The normalized spacial score (nSPS) is 13.2. The highest BCUT2D eigenvalue weighted by Gasteiger charge is 2.10. The molecule has 0 aromatic heterocycles. The van der Waals surface area contributed by atoms with Gasteiger partial charge in [-0.1, -0.05) is 44.2 Å². The van der Waals surface area contributed by atoms with E-state index in [1.165, 1.54) is 5.56 Å². The lowest BCUT2D eigenvalue weighted by Gasteiger charge is -2.18. The van der Waals surface area contributed by atoms with Crippen molar-refractivity contribution in [2.75, 3.05) is 0 Å². The molecule has 0 amide bonds. The lowest BCUT2D eigenvalue weighted by molar-refractivity contribution is 0.438. The average Bonchev–Trinajstić information content (AvgIpc) is 2.15. The molecule has 0 aliphatic carbocycles. The molecule has 0 saturated heterocycles. The number of benzene rings is 1. The molecule has 72 valence electrons. The summed E-state index contributed by atoms with van der Waals surface area (Å²) in [5, 5.41) is 0. The summed E-state index contributed by atoms with van der Waals surface area (Å²) in [6.07, 6.45) is 1.07. The second kappa shape index (κ2) is 5.00. The molecule has 1 rings (SSSR count). The van der Waals surface area contributed by atoms with Crippen LogP contribution in [0.2, 0.25) is 0 Å². The van der Waals surface area contributed by atoms with Crippen LogP contribution < -0.4 is 11.3 Å². The molecule has 1 aromatic rings. The third-order valence-corrected chi connectivity index (χ3v) is 2.11. The maximum Gasteiger partial charge on any atom is 0.0462 e. The monoisotopic (exact) mass is 178 g/mol. The van der Waals surface area contributed by atoms with Gasteiger partial charge in [0.15, 0.2) is 0 Å². The van der Waals surface area contributed by atoms with Crippen molar-refractivity contribution in [2.45, 2.75) is 26.3 Å². The third-order valence-electron chi connectivity index (χ3n) is 2.11. The highest BCUT2D eigenvalue weighted by Crippen LogP contribution is 2.19. The highest BCUT2D eigenvalue weighted by molar-refractivity contribution is 5.18. The zero-order valence-electron chi connectivity index (χ0n) is 8.33. The molecule has 3 N–H and O–H groups in total. The maximum absolute atomic E-state index is 5.50. The Bertz CT molecular complexity index is 231. The number of hydrazine groups is 1. The van der Waals surface area contributed by atoms with Gasteiger partial charge in [-0.3, -0.25) is 11.3 Å². The van der Waals surface area contributed by atoms with Crippen molar-refractivity contribution in [1.29, 1.82) is 0 Å². The summed E-state index contributed by atoms with van der Waals surface area (Å²) < 4.78 is 0. The van der Waals surface area contributed by atoms with Crippen molar-refractivity contribution in [2.24, 2.45) is 11.8 Å². The Kier molecular flexibility index (Phi) is 3.93. The van der Waals surface area contributed by atoms with Gasteiger partial charge >= 0.3 is 0 Å². The summed E-state index contributed by atoms with van der Waals surface area (Å²) in [6.45, 7) is 4.40. The number of hydrogen-bond acceptors (Lipinski definition) is 2. The van der Waals surface area contributed by atoms with Gasteiger partial charge in [0, 0.05) is 6.04 Å². The molecule has 0 saturated carbocycles. The van der Waals surface area contributed by atoms with Crippen LogP contribution in [0.3, 0.4) is 0 Å². The van der Waals surface area contributed by atoms with Crippen molar-refractivity contribution in [3.63, 3.8) is 0 Å². The molecule has 13 heavy (non-hydrogen) atoms. The molecule has 2 heteroatoms. The summed E-state index contributed by atoms with van der Waals surface area (Å²) in [7, 11) is 0. The predicted molar refractivity (Wildman–Crippen MR) is 56.0 cm³/mol. The van der Waals surface area contributed by atoms with Gasteiger partial charge in [-0.05, 0) is 17.9 Å². The van der Waals surface area contributed by atoms with E-state index in [9.17, 15) is 0 Å². The fourth-order valence-electron chi connectivity index (χ4n) is 1.46. The largest absolute Gasteiger partial charge is 0.271 e. The van der Waals surface area contributed by atoms with E-state index < -0.39 is 0 Å². The molecular weight excluding hydrogens is 160 g/mol. The SMILES string of the molecule is CC(C)C[C@H](NN)c1ccccc1. The molecule has 0 aliphatic heterocycles. The zero-order chi connectivity index (χ0) is 9.68. The zero-order valence-corrected chi connectivity index (χ0v) is 8.33. The predicted octanol–water partition coefficient (Wildman–Crippen LogP) is 2.24. The Morgan fingerprint density at radius 1 is 1.23 bits per heavy atom. The molecule has 0 spiro atoms. The van der Waals surface area contributed by atoms with Gasteiger partial charge in [0.1, 0.15) is 0 Å². The summed E-state index contributed by atoms with van der Waals surface area (Å²) in [5.41, 5.74) is 4.11. The molecular formula is C11H18N2. The average molecular weight is 178 g/mol. The van der Waals surface area contributed by atoms with Crippen LogP contribution in [0.4, 0.5) is 0 Å². The van der Waals surface area contributed by atoms with Crippen LogP contribution in [0.1, 0.15) is 31.9 Å². The first-order chi connectivity index (χ1) is 6.24. The first kappa shape index (κ1) is 10.2. The number of rotatable bonds is 4. The Labute approximate surface area is 80.1 Å². The van der Waals surface area contributed by atoms with E-state index in [1.807, 2.05) is 18.2 Å². The Balaban J connectivity index is 2.67. The molecule has 0 bridgehead atoms. The molecule has 0 fully saturated rings. The minimum atomic E-state index is 0.279. The first-order valence-corrected chi connectivity index (χ1v) is 4.75. The smallest absolute Gasteiger partial charge is 0.0462 e. The van der Waals surface area contributed by atoms with Crippen LogP contribution in [0, 0.1) is 5.92 Å². The van der Waals surface area contributed by atoms with Gasteiger partial charge in [-0.25, -0.2) is 0 Å². The van der Waals surface area contributed by atoms with Crippen molar-refractivity contribution in [1.82, 2.24) is 5.43 Å². The van der Waals surface area contributed by atoms with Crippen LogP contribution in [0.5, 0.6) is 0 Å². The molecule has 0 aliphatic rings. The molecule has 1 atom stereocenters. The Morgan fingerprint density at radius 3 is 2.31 bits per heavy atom. The van der Waals surface area contributed by atoms with Crippen LogP contribution in [-0.4, -0.2) is 0 Å². The van der Waals surface area contributed by atoms with Gasteiger partial charge in [0.25, 0.3) is 0 Å². The van der Waals surface area contributed by atoms with Crippen LogP contribution in [-0.2, 0) is 0 Å². The van der Waals surface area contributed by atoms with Crippen LogP contribution in [0.15, 0.2) is 30.3 Å². The van der Waals surface area contributed by atoms with E-state index in [2.05, 4.69) is 31.4 Å². The van der Waals surface area contributed by atoms with E-state index in [-0.39, 0.29) is 6.04 Å². The van der Waals surface area contributed by atoms with Crippen molar-refractivity contribution < 1.29 is 0 Å². The maximum atomic E-state index is 5.50. The quantitative estimate of drug-likeness (QED) is 0.548. The van der Waals surface area contributed by atoms with Gasteiger partial charge in [0.2, 0.25) is 0 Å². The number of nitrogens with one attached hydrogen (secondary N) is 1. The molecule has 1 aromatic carbocycles. The molecule has 0 radical (unpaired) electrons. The van der Waals surface area contributed by atoms with Crippen LogP contribution in [0.25, 0.3) is 0 Å². The molecule has 2 nitrogen and oxygen atoms in total. The van der Waals surface area contributed by atoms with Gasteiger partial charge < -0.3 is 0 Å². The van der Waals surface area contributed by atoms with E-state index in [1.54, 1.807) is 0 Å². The fraction of sp³-hybridized carbons (Fsp3) is 0.455. The summed E-state index contributed by atoms with van der Waals surface area (Å²) in [5.74, 6) is 6.16. The van der Waals surface area contributed by atoms with Gasteiger partial charge in [-0.2, -0.15) is 0 Å². The minimum absolute atomic E-state index is 0.279. The minimum Gasteiger partial charge on any atom is -0.271 e. The summed E-state index contributed by atoms with van der Waals surface area (Å²) in [6, 6.07) is 10.6. The number of hydrogen-bond donors (Lipinski definition) is 2. The second-order valence-corrected chi connectivity index (χ2v) is 3.76. The molecule has 0 heterocycles. The van der Waals surface area contributed by atoms with Gasteiger partial charge in [-0.15, -0.1) is 0 Å². The van der Waals surface area contributed by atoms with Crippen molar-refractivity contribution in [3.05, 3.63) is 35.9 Å². The Morgan fingerprint density at radius 2 is 1.85 bits per heavy atom. The Hall–Kier alpha value is -0.860. The van der Waals surface area contributed by atoms with Crippen LogP contribution >= 0.6 is 0 Å². The van der Waals surface area contributed by atoms with Gasteiger partial charge in [0.05, 0.1) is 0 Å². The lowest BCUT2D eigenvalue weighted by Crippen LogP contribution is -2.28. The fourth-order valence-corrected chi connectivity index (χ4v) is 1.46. The summed E-state index contributed by atoms with van der Waals surface area (Å²) in [4.78, 5) is 0. The lowest BCUT2D eigenvalue weighted by atomic mass is 9.98. The van der Waals surface area contributed by atoms with Crippen molar-refractivity contribution in [3.8, 4) is 0 Å². The summed E-state index contributed by atoms with van der Waals surface area (Å²) >= 11 is 0. The van der Waals surface area contributed by atoms with E-state index in [0.29, 0.717) is 5.92 Å². The highest BCUT2D eigenvalue weighted by atomic mass is 15.2. The first-order valence-electron chi connectivity index (χ1n) is 4.75. The second-order valence-electron chi connectivity index (χ2n) is 3.76. The standard InChI is InChI=1S/C11H18N2/c1-9(2)8-11(13-12)10-6-4-3-5-7-10/h3-7,9,11,13H,8,12H2,1-2H3/t11-/m0/s1. The third kappa shape index (κ3) is 3.17. The van der Waals surface area contributed by atoms with E-state index >= 15 is 0 Å². The number of nitrogens with two attached hydrogens (primary N) is 1. The van der Waals surface area contributed by atoms with Crippen molar-refractivity contribution >= 4 is 0 Å². The van der Waals surface area contributed by atoms with E-state index in [4.69, 9.17) is 5.84 Å². The molecule has 0 unspecified atom stereocenters. The topological polar surface area (TPSA) is 38.0 Å². The van der Waals surface area contributed by atoms with E-state index in [0.717, 1.165) is 6.42 Å².